The molecule has 1 amide bonds. The first kappa shape index (κ1) is 14.8. The molecule has 0 aliphatic carbocycles. The van der Waals surface area contributed by atoms with E-state index in [1.165, 1.54) is 0 Å². The zero-order valence-corrected chi connectivity index (χ0v) is 12.1. The fraction of sp³-hybridized carbons (Fsp3) is 0.769. The Balaban J connectivity index is 1.71. The molecule has 1 saturated heterocycles. The Kier molecular flexibility index (Phi) is 4.59. The molecule has 0 bridgehead atoms. The van der Waals surface area contributed by atoms with Gasteiger partial charge in [0.2, 0.25) is 0 Å². The zero-order chi connectivity index (χ0) is 14.6. The van der Waals surface area contributed by atoms with Crippen LogP contribution in [0.1, 0.15) is 39.4 Å². The van der Waals surface area contributed by atoms with E-state index in [2.05, 4.69) is 15.5 Å². The van der Waals surface area contributed by atoms with Crippen LogP contribution >= 0.6 is 0 Å². The summed E-state index contributed by atoms with van der Waals surface area (Å²) in [5.41, 5.74) is -0.215. The van der Waals surface area contributed by atoms with Crippen LogP contribution in [0.5, 0.6) is 6.08 Å². The Hall–Kier alpha value is -1.63. The maximum Gasteiger partial charge on any atom is 0.417 e. The zero-order valence-electron chi connectivity index (χ0n) is 12.1. The van der Waals surface area contributed by atoms with Crippen LogP contribution in [-0.4, -0.2) is 41.9 Å². The summed E-state index contributed by atoms with van der Waals surface area (Å²) in [6.07, 6.45) is 2.17. The Labute approximate surface area is 118 Å². The predicted octanol–water partition coefficient (Wildman–Crippen LogP) is 1.04. The quantitative estimate of drug-likeness (QED) is 0.869. The number of carbonyl (C=O) groups is 1. The predicted molar refractivity (Wildman–Crippen MR) is 70.5 cm³/mol. The first-order valence-corrected chi connectivity index (χ1v) is 6.80. The number of amides is 1. The number of hydrogen-bond donors (Lipinski definition) is 1. The molecule has 1 atom stereocenters. The lowest BCUT2D eigenvalue weighted by atomic mass is 9.96. The van der Waals surface area contributed by atoms with Gasteiger partial charge in [-0.2, -0.15) is 4.98 Å². The van der Waals surface area contributed by atoms with Crippen molar-refractivity contribution in [1.82, 2.24) is 15.5 Å². The van der Waals surface area contributed by atoms with Crippen molar-refractivity contribution in [3.05, 3.63) is 5.82 Å². The molecule has 1 fully saturated rings. The van der Waals surface area contributed by atoms with Gasteiger partial charge in [0.15, 0.2) is 12.4 Å². The SMILES string of the molecule is CC(C)(C)c1noc(OCC(=O)NCC2CCCO2)n1. The molecule has 2 rings (SSSR count). The normalized spacial score (nSPS) is 19.1. The number of nitrogens with one attached hydrogen (secondary N) is 1. The molecule has 1 unspecified atom stereocenters. The highest BCUT2D eigenvalue weighted by Crippen LogP contribution is 2.20. The van der Waals surface area contributed by atoms with E-state index in [0.717, 1.165) is 19.4 Å². The third-order valence-electron chi connectivity index (χ3n) is 2.96. The Morgan fingerprint density at radius 2 is 2.30 bits per heavy atom. The monoisotopic (exact) mass is 283 g/mol. The highest BCUT2D eigenvalue weighted by atomic mass is 16.6. The van der Waals surface area contributed by atoms with Crippen molar-refractivity contribution in [3.8, 4) is 6.08 Å². The van der Waals surface area contributed by atoms with E-state index in [0.29, 0.717) is 12.4 Å². The van der Waals surface area contributed by atoms with E-state index >= 15 is 0 Å². The highest BCUT2D eigenvalue weighted by Gasteiger charge is 2.22. The largest absolute Gasteiger partial charge is 0.439 e. The summed E-state index contributed by atoms with van der Waals surface area (Å²) in [4.78, 5) is 15.7. The molecule has 1 aromatic heterocycles. The standard InChI is InChI=1S/C13H21N3O4/c1-13(2,3)11-15-12(20-16-11)19-8-10(17)14-7-9-5-4-6-18-9/h9H,4-8H2,1-3H3,(H,14,17). The van der Waals surface area contributed by atoms with E-state index in [9.17, 15) is 4.79 Å². The maximum absolute atomic E-state index is 11.6. The second-order valence-electron chi connectivity index (χ2n) is 5.86. The lowest BCUT2D eigenvalue weighted by molar-refractivity contribution is -0.124. The first-order chi connectivity index (χ1) is 9.45. The Bertz CT molecular complexity index is 447. The topological polar surface area (TPSA) is 86.5 Å². The number of carbonyl (C=O) groups excluding carboxylic acids is 1. The molecule has 112 valence electrons. The Morgan fingerprint density at radius 3 is 2.90 bits per heavy atom. The number of rotatable bonds is 5. The maximum atomic E-state index is 11.6. The Morgan fingerprint density at radius 1 is 1.50 bits per heavy atom. The van der Waals surface area contributed by atoms with Crippen LogP contribution in [0.15, 0.2) is 4.52 Å². The summed E-state index contributed by atoms with van der Waals surface area (Å²) in [5, 5.41) is 6.56. The summed E-state index contributed by atoms with van der Waals surface area (Å²) in [6.45, 7) is 7.05. The van der Waals surface area contributed by atoms with Crippen molar-refractivity contribution in [3.63, 3.8) is 0 Å². The minimum absolute atomic E-state index is 0.0159. The van der Waals surface area contributed by atoms with Gasteiger partial charge in [-0.1, -0.05) is 25.9 Å². The lowest BCUT2D eigenvalue weighted by Gasteiger charge is -2.11. The summed E-state index contributed by atoms with van der Waals surface area (Å²) < 4.78 is 15.5. The van der Waals surface area contributed by atoms with Crippen LogP contribution in [0.2, 0.25) is 0 Å². The van der Waals surface area contributed by atoms with Crippen molar-refractivity contribution in [1.29, 1.82) is 0 Å². The van der Waals surface area contributed by atoms with Crippen LogP contribution in [0.4, 0.5) is 0 Å². The van der Waals surface area contributed by atoms with Gasteiger partial charge in [-0.3, -0.25) is 9.32 Å². The summed E-state index contributed by atoms with van der Waals surface area (Å²) in [7, 11) is 0. The van der Waals surface area contributed by atoms with E-state index in [-0.39, 0.29) is 30.1 Å². The molecule has 7 nitrogen and oxygen atoms in total. The van der Waals surface area contributed by atoms with Crippen molar-refractivity contribution in [2.75, 3.05) is 19.8 Å². The number of nitrogens with zero attached hydrogens (tertiary/aromatic N) is 2. The molecule has 0 spiro atoms. The minimum atomic E-state index is -0.226. The van der Waals surface area contributed by atoms with E-state index in [1.807, 2.05) is 20.8 Å². The summed E-state index contributed by atoms with van der Waals surface area (Å²) >= 11 is 0. The van der Waals surface area contributed by atoms with Crippen LogP contribution in [0, 0.1) is 0 Å². The van der Waals surface area contributed by atoms with Crippen LogP contribution in [0.3, 0.4) is 0 Å². The van der Waals surface area contributed by atoms with Crippen LogP contribution in [-0.2, 0) is 14.9 Å². The van der Waals surface area contributed by atoms with Gasteiger partial charge < -0.3 is 14.8 Å². The molecular weight excluding hydrogens is 262 g/mol. The lowest BCUT2D eigenvalue weighted by Crippen LogP contribution is -2.35. The molecule has 20 heavy (non-hydrogen) atoms. The van der Waals surface area contributed by atoms with Gasteiger partial charge in [-0.25, -0.2) is 0 Å². The average Bonchev–Trinajstić information content (AvgIpc) is 3.04. The number of ether oxygens (including phenoxy) is 2. The molecule has 1 N–H and O–H groups in total. The van der Waals surface area contributed by atoms with Crippen molar-refractivity contribution in [2.45, 2.75) is 45.1 Å². The van der Waals surface area contributed by atoms with Gasteiger partial charge in [0.25, 0.3) is 5.91 Å². The molecule has 0 aromatic carbocycles. The fourth-order valence-corrected chi connectivity index (χ4v) is 1.78. The minimum Gasteiger partial charge on any atom is -0.439 e. The third kappa shape index (κ3) is 4.19. The second kappa shape index (κ2) is 6.21. The van der Waals surface area contributed by atoms with E-state index in [4.69, 9.17) is 14.0 Å². The molecule has 1 aliphatic rings. The van der Waals surface area contributed by atoms with Gasteiger partial charge in [-0.05, 0) is 12.8 Å². The molecule has 0 radical (unpaired) electrons. The van der Waals surface area contributed by atoms with Gasteiger partial charge >= 0.3 is 6.08 Å². The van der Waals surface area contributed by atoms with Crippen molar-refractivity contribution in [2.24, 2.45) is 0 Å². The van der Waals surface area contributed by atoms with E-state index < -0.39 is 0 Å². The molecular formula is C13H21N3O4. The first-order valence-electron chi connectivity index (χ1n) is 6.80. The van der Waals surface area contributed by atoms with Crippen molar-refractivity contribution < 1.29 is 18.8 Å². The van der Waals surface area contributed by atoms with Crippen LogP contribution in [0.25, 0.3) is 0 Å². The molecule has 7 heteroatoms. The molecule has 2 heterocycles. The van der Waals surface area contributed by atoms with E-state index in [1.54, 1.807) is 0 Å². The van der Waals surface area contributed by atoms with Gasteiger partial charge in [0, 0.05) is 18.6 Å². The molecule has 1 aliphatic heterocycles. The fourth-order valence-electron chi connectivity index (χ4n) is 1.78. The summed E-state index contributed by atoms with van der Waals surface area (Å²) in [6, 6.07) is 0. The molecule has 0 saturated carbocycles. The van der Waals surface area contributed by atoms with Gasteiger partial charge in [-0.15, -0.1) is 0 Å². The summed E-state index contributed by atoms with van der Waals surface area (Å²) in [5.74, 6) is 0.322. The van der Waals surface area contributed by atoms with Crippen molar-refractivity contribution >= 4 is 5.91 Å². The third-order valence-corrected chi connectivity index (χ3v) is 2.96. The number of hydrogen-bond acceptors (Lipinski definition) is 6. The van der Waals surface area contributed by atoms with Crippen LogP contribution < -0.4 is 10.1 Å². The van der Waals surface area contributed by atoms with Gasteiger partial charge in [0.1, 0.15) is 0 Å². The number of aromatic nitrogens is 2. The smallest absolute Gasteiger partial charge is 0.417 e. The second-order valence-corrected chi connectivity index (χ2v) is 5.86. The average molecular weight is 283 g/mol. The highest BCUT2D eigenvalue weighted by molar-refractivity contribution is 5.77. The van der Waals surface area contributed by atoms with Gasteiger partial charge in [0.05, 0.1) is 6.10 Å². The molecule has 1 aromatic rings.